The van der Waals surface area contributed by atoms with Crippen molar-refractivity contribution in [1.82, 2.24) is 10.3 Å². The smallest absolute Gasteiger partial charge is 0.250 e. The van der Waals surface area contributed by atoms with Gasteiger partial charge in [-0.2, -0.15) is 0 Å². The summed E-state index contributed by atoms with van der Waals surface area (Å²) in [6.07, 6.45) is 4.87. The molecule has 0 unspecified atom stereocenters. The number of hydrogen-bond acceptors (Lipinski definition) is 4. The summed E-state index contributed by atoms with van der Waals surface area (Å²) < 4.78 is 5.10. The highest BCUT2D eigenvalue weighted by atomic mass is 32.1. The highest BCUT2D eigenvalue weighted by Crippen LogP contribution is 2.21. The molecule has 0 saturated carbocycles. The number of pyridine rings is 1. The van der Waals surface area contributed by atoms with Gasteiger partial charge in [0, 0.05) is 23.3 Å². The van der Waals surface area contributed by atoms with Gasteiger partial charge in [-0.05, 0) is 60.3 Å². The number of rotatable bonds is 4. The van der Waals surface area contributed by atoms with Crippen LogP contribution in [0.1, 0.15) is 5.56 Å². The molecule has 0 aliphatic carbocycles. The molecule has 0 saturated heterocycles. The molecule has 2 aromatic carbocycles. The van der Waals surface area contributed by atoms with Gasteiger partial charge in [0.05, 0.1) is 12.6 Å². The first-order valence-electron chi connectivity index (χ1n) is 7.93. The van der Waals surface area contributed by atoms with Gasteiger partial charge in [-0.15, -0.1) is 0 Å². The number of carbonyl (C=O) groups excluding carboxylic acids is 1. The molecule has 130 valence electrons. The summed E-state index contributed by atoms with van der Waals surface area (Å²) in [6.45, 7) is 0. The van der Waals surface area contributed by atoms with E-state index in [9.17, 15) is 4.79 Å². The van der Waals surface area contributed by atoms with Crippen LogP contribution < -0.4 is 15.4 Å². The van der Waals surface area contributed by atoms with Crippen molar-refractivity contribution in [2.45, 2.75) is 0 Å². The monoisotopic (exact) mass is 363 g/mol. The van der Waals surface area contributed by atoms with Crippen molar-refractivity contribution in [3.63, 3.8) is 0 Å². The third kappa shape index (κ3) is 4.43. The lowest BCUT2D eigenvalue weighted by atomic mass is 10.2. The third-order valence-corrected chi connectivity index (χ3v) is 3.88. The van der Waals surface area contributed by atoms with Crippen LogP contribution in [0.4, 0.5) is 5.69 Å². The van der Waals surface area contributed by atoms with Gasteiger partial charge >= 0.3 is 0 Å². The summed E-state index contributed by atoms with van der Waals surface area (Å²) in [4.78, 5) is 16.3. The van der Waals surface area contributed by atoms with E-state index in [0.717, 1.165) is 27.9 Å². The van der Waals surface area contributed by atoms with Crippen LogP contribution in [0, 0.1) is 0 Å². The quantitative estimate of drug-likeness (QED) is 0.546. The second-order valence-corrected chi connectivity index (χ2v) is 5.83. The van der Waals surface area contributed by atoms with Crippen LogP contribution in [0.5, 0.6) is 5.75 Å². The van der Waals surface area contributed by atoms with Gasteiger partial charge in [0.2, 0.25) is 5.91 Å². The predicted molar refractivity (Wildman–Crippen MR) is 108 cm³/mol. The van der Waals surface area contributed by atoms with Crippen LogP contribution in [0.3, 0.4) is 0 Å². The minimum absolute atomic E-state index is 0.228. The lowest BCUT2D eigenvalue weighted by molar-refractivity contribution is -0.115. The van der Waals surface area contributed by atoms with Crippen molar-refractivity contribution in [2.24, 2.45) is 0 Å². The molecule has 3 rings (SSSR count). The molecule has 0 fully saturated rings. The molecule has 1 amide bonds. The molecule has 26 heavy (non-hydrogen) atoms. The Kier molecular flexibility index (Phi) is 5.56. The van der Waals surface area contributed by atoms with Crippen LogP contribution in [-0.2, 0) is 4.79 Å². The molecule has 5 nitrogen and oxygen atoms in total. The van der Waals surface area contributed by atoms with E-state index in [1.54, 1.807) is 19.4 Å². The zero-order valence-electron chi connectivity index (χ0n) is 14.1. The molecule has 2 N–H and O–H groups in total. The molecule has 0 spiro atoms. The number of nitrogens with one attached hydrogen (secondary N) is 2. The molecule has 1 aromatic heterocycles. The van der Waals surface area contributed by atoms with Crippen molar-refractivity contribution in [3.8, 4) is 5.75 Å². The summed E-state index contributed by atoms with van der Waals surface area (Å²) in [6, 6.07) is 16.9. The van der Waals surface area contributed by atoms with Crippen LogP contribution in [0.15, 0.2) is 66.9 Å². The summed E-state index contributed by atoms with van der Waals surface area (Å²) >= 11 is 5.23. The number of methoxy groups -OCH3 is 1. The Bertz CT molecular complexity index is 963. The number of anilines is 1. The zero-order chi connectivity index (χ0) is 18.4. The number of fused-ring (bicyclic) bond motifs is 1. The van der Waals surface area contributed by atoms with Crippen molar-refractivity contribution < 1.29 is 9.53 Å². The van der Waals surface area contributed by atoms with E-state index in [1.165, 1.54) is 6.08 Å². The van der Waals surface area contributed by atoms with E-state index in [-0.39, 0.29) is 11.0 Å². The highest BCUT2D eigenvalue weighted by molar-refractivity contribution is 7.80. The molecule has 0 aliphatic rings. The fourth-order valence-electron chi connectivity index (χ4n) is 2.41. The number of nitrogens with zero attached hydrogens (tertiary/aromatic N) is 1. The Morgan fingerprint density at radius 1 is 1.12 bits per heavy atom. The number of benzene rings is 2. The standard InChI is InChI=1S/C20H17N3O2S/c1-25-15-10-7-14(8-11-15)9-12-19(24)23-20(26)22-18-6-2-5-17-16(18)4-3-13-21-17/h2-13H,1H3,(H2,22,23,24,26). The SMILES string of the molecule is COc1ccc(C=CC(=O)NC(=S)Nc2cccc3ncccc23)cc1. The van der Waals surface area contributed by atoms with E-state index >= 15 is 0 Å². The second kappa shape index (κ2) is 8.22. The van der Waals surface area contributed by atoms with E-state index in [2.05, 4.69) is 15.6 Å². The first-order chi connectivity index (χ1) is 12.7. The molecule has 6 heteroatoms. The first-order valence-corrected chi connectivity index (χ1v) is 8.34. The molecule has 0 radical (unpaired) electrons. The van der Waals surface area contributed by atoms with Crippen molar-refractivity contribution in [3.05, 3.63) is 72.4 Å². The van der Waals surface area contributed by atoms with E-state index in [4.69, 9.17) is 17.0 Å². The van der Waals surface area contributed by atoms with Crippen LogP contribution in [-0.4, -0.2) is 23.1 Å². The predicted octanol–water partition coefficient (Wildman–Crippen LogP) is 3.77. The van der Waals surface area contributed by atoms with Crippen molar-refractivity contribution in [2.75, 3.05) is 12.4 Å². The lowest BCUT2D eigenvalue weighted by Gasteiger charge is -2.10. The van der Waals surface area contributed by atoms with Gasteiger partial charge in [-0.3, -0.25) is 15.1 Å². The molecular weight excluding hydrogens is 346 g/mol. The topological polar surface area (TPSA) is 63.2 Å². The minimum Gasteiger partial charge on any atom is -0.497 e. The Morgan fingerprint density at radius 2 is 1.92 bits per heavy atom. The van der Waals surface area contributed by atoms with Crippen molar-refractivity contribution >= 4 is 45.9 Å². The molecule has 0 bridgehead atoms. The van der Waals surface area contributed by atoms with E-state index in [1.807, 2.05) is 54.6 Å². The maximum absolute atomic E-state index is 12.0. The van der Waals surface area contributed by atoms with Gasteiger partial charge < -0.3 is 10.1 Å². The van der Waals surface area contributed by atoms with Gasteiger partial charge in [0.15, 0.2) is 5.11 Å². The number of aromatic nitrogens is 1. The second-order valence-electron chi connectivity index (χ2n) is 5.43. The van der Waals surface area contributed by atoms with Gasteiger partial charge in [0.25, 0.3) is 0 Å². The molecule has 1 heterocycles. The summed E-state index contributed by atoms with van der Waals surface area (Å²) in [5.41, 5.74) is 2.53. The highest BCUT2D eigenvalue weighted by Gasteiger charge is 2.05. The third-order valence-electron chi connectivity index (χ3n) is 3.67. The Labute approximate surface area is 156 Å². The summed E-state index contributed by atoms with van der Waals surface area (Å²) in [7, 11) is 1.61. The largest absolute Gasteiger partial charge is 0.497 e. The van der Waals surface area contributed by atoms with Gasteiger partial charge in [-0.25, -0.2) is 0 Å². The average Bonchev–Trinajstić information content (AvgIpc) is 2.67. The molecular formula is C20H17N3O2S. The minimum atomic E-state index is -0.309. The van der Waals surface area contributed by atoms with Gasteiger partial charge in [0.1, 0.15) is 5.75 Å². The van der Waals surface area contributed by atoms with Gasteiger partial charge in [-0.1, -0.05) is 18.2 Å². The van der Waals surface area contributed by atoms with E-state index in [0.29, 0.717) is 0 Å². The normalized spacial score (nSPS) is 10.7. The maximum Gasteiger partial charge on any atom is 0.250 e. The number of ether oxygens (including phenoxy) is 1. The Balaban J connectivity index is 1.61. The zero-order valence-corrected chi connectivity index (χ0v) is 14.9. The number of hydrogen-bond donors (Lipinski definition) is 2. The fraction of sp³-hybridized carbons (Fsp3) is 0.0500. The number of thiocarbonyl (C=S) groups is 1. The lowest BCUT2D eigenvalue weighted by Crippen LogP contribution is -2.32. The number of carbonyl (C=O) groups is 1. The molecule has 0 atom stereocenters. The van der Waals surface area contributed by atoms with Crippen LogP contribution in [0.25, 0.3) is 17.0 Å². The van der Waals surface area contributed by atoms with Crippen molar-refractivity contribution in [1.29, 1.82) is 0 Å². The molecule has 0 aliphatic heterocycles. The summed E-state index contributed by atoms with van der Waals surface area (Å²) in [5.74, 6) is 0.457. The van der Waals surface area contributed by atoms with Crippen LogP contribution in [0.2, 0.25) is 0 Å². The summed E-state index contributed by atoms with van der Waals surface area (Å²) in [5, 5.41) is 6.83. The average molecular weight is 363 g/mol. The Hall–Kier alpha value is -3.25. The van der Waals surface area contributed by atoms with Crippen LogP contribution >= 0.6 is 12.2 Å². The van der Waals surface area contributed by atoms with E-state index < -0.39 is 0 Å². The molecule has 3 aromatic rings. The number of amides is 1. The maximum atomic E-state index is 12.0. The first kappa shape index (κ1) is 17.6. The fourth-order valence-corrected chi connectivity index (χ4v) is 2.62. The Morgan fingerprint density at radius 3 is 2.69 bits per heavy atom.